The average Bonchev–Trinajstić information content (AvgIpc) is 2.28. The van der Waals surface area contributed by atoms with Crippen molar-refractivity contribution in [2.75, 3.05) is 5.32 Å². The number of carbonyl (C=O) groups excluding carboxylic acids is 3. The van der Waals surface area contributed by atoms with E-state index in [1.54, 1.807) is 26.8 Å². The van der Waals surface area contributed by atoms with E-state index in [-0.39, 0.29) is 11.7 Å². The van der Waals surface area contributed by atoms with Gasteiger partial charge in [0.2, 0.25) is 11.7 Å². The Morgan fingerprint density at radius 3 is 2.22 bits per heavy atom. The molecule has 96 valence electrons. The Labute approximate surface area is 105 Å². The van der Waals surface area contributed by atoms with Gasteiger partial charge in [-0.3, -0.25) is 19.7 Å². The van der Waals surface area contributed by atoms with Gasteiger partial charge in [-0.05, 0) is 6.07 Å². The highest BCUT2D eigenvalue weighted by molar-refractivity contribution is 6.43. The van der Waals surface area contributed by atoms with Crippen LogP contribution in [0.1, 0.15) is 27.2 Å². The first kappa shape index (κ1) is 14.0. The normalized spacial score (nSPS) is 10.8. The van der Waals surface area contributed by atoms with Crippen molar-refractivity contribution in [1.82, 2.24) is 9.97 Å². The van der Waals surface area contributed by atoms with Gasteiger partial charge in [0.1, 0.15) is 5.78 Å². The molecule has 1 heterocycles. The zero-order valence-electron chi connectivity index (χ0n) is 10.6. The summed E-state index contributed by atoms with van der Waals surface area (Å²) in [6.07, 6.45) is 2.46. The molecule has 0 saturated heterocycles. The highest BCUT2D eigenvalue weighted by atomic mass is 16.2. The Morgan fingerprint density at radius 1 is 1.17 bits per heavy atom. The summed E-state index contributed by atoms with van der Waals surface area (Å²) in [5, 5.41) is 2.24. The standard InChI is InChI=1S/C12H15N3O3/c1-12(2,3)9(17)7-8(16)10(18)15-11-13-5-4-6-14-11/h4-6H,7H2,1-3H3,(H,13,14,15,18). The van der Waals surface area contributed by atoms with E-state index >= 15 is 0 Å². The lowest BCUT2D eigenvalue weighted by Crippen LogP contribution is -2.30. The van der Waals surface area contributed by atoms with Gasteiger partial charge in [-0.1, -0.05) is 20.8 Å². The second-order valence-electron chi connectivity index (χ2n) is 4.80. The molecule has 0 radical (unpaired) electrons. The first-order valence-electron chi connectivity index (χ1n) is 5.45. The van der Waals surface area contributed by atoms with Crippen molar-refractivity contribution in [3.63, 3.8) is 0 Å². The van der Waals surface area contributed by atoms with Crippen LogP contribution in [0.3, 0.4) is 0 Å². The average molecular weight is 249 g/mol. The van der Waals surface area contributed by atoms with Gasteiger partial charge in [0.05, 0.1) is 6.42 Å². The molecule has 0 aliphatic heterocycles. The van der Waals surface area contributed by atoms with Gasteiger partial charge in [0.25, 0.3) is 5.91 Å². The molecule has 0 atom stereocenters. The lowest BCUT2D eigenvalue weighted by Gasteiger charge is -2.15. The Morgan fingerprint density at radius 2 is 1.72 bits per heavy atom. The van der Waals surface area contributed by atoms with Gasteiger partial charge in [0, 0.05) is 17.8 Å². The van der Waals surface area contributed by atoms with Gasteiger partial charge in [-0.15, -0.1) is 0 Å². The van der Waals surface area contributed by atoms with Crippen molar-refractivity contribution in [1.29, 1.82) is 0 Å². The molecule has 6 nitrogen and oxygen atoms in total. The zero-order chi connectivity index (χ0) is 13.8. The maximum Gasteiger partial charge on any atom is 0.294 e. The second kappa shape index (κ2) is 5.48. The van der Waals surface area contributed by atoms with E-state index in [1.165, 1.54) is 12.4 Å². The highest BCUT2D eigenvalue weighted by Crippen LogP contribution is 2.16. The van der Waals surface area contributed by atoms with Gasteiger partial charge < -0.3 is 0 Å². The van der Waals surface area contributed by atoms with Crippen molar-refractivity contribution in [2.24, 2.45) is 5.41 Å². The van der Waals surface area contributed by atoms with Crippen LogP contribution in [0.4, 0.5) is 5.95 Å². The van der Waals surface area contributed by atoms with E-state index in [1.807, 2.05) is 0 Å². The third-order valence-corrected chi connectivity index (χ3v) is 2.20. The van der Waals surface area contributed by atoms with Crippen LogP contribution in [-0.4, -0.2) is 27.4 Å². The van der Waals surface area contributed by atoms with Crippen molar-refractivity contribution >= 4 is 23.4 Å². The van der Waals surface area contributed by atoms with Crippen LogP contribution >= 0.6 is 0 Å². The Kier molecular flexibility index (Phi) is 4.25. The molecule has 1 aromatic heterocycles. The fraction of sp³-hybridized carbons (Fsp3) is 0.417. The molecule has 0 bridgehead atoms. The molecule has 0 saturated carbocycles. The molecular formula is C12H15N3O3. The fourth-order valence-electron chi connectivity index (χ4n) is 1.03. The molecule has 1 amide bonds. The van der Waals surface area contributed by atoms with E-state index in [4.69, 9.17) is 0 Å². The molecule has 1 rings (SSSR count). The zero-order valence-corrected chi connectivity index (χ0v) is 10.6. The van der Waals surface area contributed by atoms with E-state index in [0.29, 0.717) is 0 Å². The first-order valence-corrected chi connectivity index (χ1v) is 5.45. The van der Waals surface area contributed by atoms with Crippen LogP contribution in [0, 0.1) is 5.41 Å². The molecule has 0 fully saturated rings. The summed E-state index contributed by atoms with van der Waals surface area (Å²) in [7, 11) is 0. The maximum absolute atomic E-state index is 11.6. The molecule has 18 heavy (non-hydrogen) atoms. The number of hydrogen-bond donors (Lipinski definition) is 1. The highest BCUT2D eigenvalue weighted by Gasteiger charge is 2.26. The number of nitrogens with one attached hydrogen (secondary N) is 1. The SMILES string of the molecule is CC(C)(C)C(=O)CC(=O)C(=O)Nc1ncccn1. The van der Waals surface area contributed by atoms with E-state index in [0.717, 1.165) is 0 Å². The summed E-state index contributed by atoms with van der Waals surface area (Å²) >= 11 is 0. The Bertz CT molecular complexity index is 463. The predicted octanol–water partition coefficient (Wildman–Crippen LogP) is 0.989. The molecule has 0 unspecified atom stereocenters. The smallest absolute Gasteiger partial charge is 0.294 e. The van der Waals surface area contributed by atoms with E-state index in [9.17, 15) is 14.4 Å². The lowest BCUT2D eigenvalue weighted by molar-refractivity contribution is -0.139. The molecule has 0 aromatic carbocycles. The Hall–Kier alpha value is -2.11. The third-order valence-electron chi connectivity index (χ3n) is 2.20. The summed E-state index contributed by atoms with van der Waals surface area (Å²) in [6, 6.07) is 1.58. The van der Waals surface area contributed by atoms with Gasteiger partial charge in [-0.2, -0.15) is 0 Å². The molecule has 1 aromatic rings. The van der Waals surface area contributed by atoms with Crippen molar-refractivity contribution in [2.45, 2.75) is 27.2 Å². The lowest BCUT2D eigenvalue weighted by atomic mass is 9.88. The quantitative estimate of drug-likeness (QED) is 0.635. The van der Waals surface area contributed by atoms with E-state index < -0.39 is 23.5 Å². The number of aromatic nitrogens is 2. The summed E-state index contributed by atoms with van der Waals surface area (Å²) in [4.78, 5) is 42.1. The van der Waals surface area contributed by atoms with E-state index in [2.05, 4.69) is 15.3 Å². The van der Waals surface area contributed by atoms with Crippen LogP contribution in [0.15, 0.2) is 18.5 Å². The number of rotatable bonds is 4. The first-order chi connectivity index (χ1) is 8.30. The number of Topliss-reactive ketones (excluding diaryl/α,β-unsaturated/α-hetero) is 2. The van der Waals surface area contributed by atoms with Crippen LogP contribution in [0.5, 0.6) is 0 Å². The third kappa shape index (κ3) is 4.04. The van der Waals surface area contributed by atoms with Crippen LogP contribution in [0.2, 0.25) is 0 Å². The van der Waals surface area contributed by atoms with Crippen LogP contribution in [-0.2, 0) is 14.4 Å². The molecule has 0 aliphatic rings. The maximum atomic E-state index is 11.6. The molecular weight excluding hydrogens is 234 g/mol. The van der Waals surface area contributed by atoms with Crippen LogP contribution in [0.25, 0.3) is 0 Å². The number of nitrogens with zero attached hydrogens (tertiary/aromatic N) is 2. The molecule has 0 aliphatic carbocycles. The Balaban J connectivity index is 2.58. The summed E-state index contributed by atoms with van der Waals surface area (Å²) in [6.45, 7) is 5.09. The summed E-state index contributed by atoms with van der Waals surface area (Å²) in [5.74, 6) is -1.91. The number of anilines is 1. The molecule has 0 spiro atoms. The number of carbonyl (C=O) groups is 3. The predicted molar refractivity (Wildman–Crippen MR) is 64.7 cm³/mol. The van der Waals surface area contributed by atoms with Gasteiger partial charge in [-0.25, -0.2) is 9.97 Å². The molecule has 6 heteroatoms. The minimum Gasteiger partial charge on any atom is -0.299 e. The number of amides is 1. The van der Waals surface area contributed by atoms with Crippen molar-refractivity contribution in [3.05, 3.63) is 18.5 Å². The molecule has 1 N–H and O–H groups in total. The number of ketones is 2. The minimum absolute atomic E-state index is 0.0408. The minimum atomic E-state index is -0.876. The van der Waals surface area contributed by atoms with Crippen LogP contribution < -0.4 is 5.32 Å². The largest absolute Gasteiger partial charge is 0.299 e. The topological polar surface area (TPSA) is 89.0 Å². The van der Waals surface area contributed by atoms with Crippen molar-refractivity contribution in [3.8, 4) is 0 Å². The second-order valence-corrected chi connectivity index (χ2v) is 4.80. The summed E-state index contributed by atoms with van der Waals surface area (Å²) < 4.78 is 0. The number of hydrogen-bond acceptors (Lipinski definition) is 5. The van der Waals surface area contributed by atoms with Crippen molar-refractivity contribution < 1.29 is 14.4 Å². The summed E-state index contributed by atoms with van der Waals surface area (Å²) in [5.41, 5.74) is -0.640. The van der Waals surface area contributed by atoms with Gasteiger partial charge in [0.15, 0.2) is 0 Å². The fourth-order valence-corrected chi connectivity index (χ4v) is 1.03. The monoisotopic (exact) mass is 249 g/mol. The van der Waals surface area contributed by atoms with Gasteiger partial charge >= 0.3 is 0 Å².